The van der Waals surface area contributed by atoms with Gasteiger partial charge in [-0.2, -0.15) is 5.10 Å². The molecule has 2 aromatic heterocycles. The number of rotatable bonds is 2. The van der Waals surface area contributed by atoms with Crippen molar-refractivity contribution in [2.75, 3.05) is 0 Å². The predicted molar refractivity (Wildman–Crippen MR) is 66.7 cm³/mol. The van der Waals surface area contributed by atoms with E-state index in [9.17, 15) is 0 Å². The van der Waals surface area contributed by atoms with Crippen LogP contribution in [0.5, 0.6) is 0 Å². The average Bonchev–Trinajstić information content (AvgIpc) is 2.67. The van der Waals surface area contributed by atoms with Crippen LogP contribution < -0.4 is 5.73 Å². The minimum Gasteiger partial charge on any atom is -0.389 e. The Kier molecular flexibility index (Phi) is 2.70. The van der Waals surface area contributed by atoms with Crippen molar-refractivity contribution in [3.63, 3.8) is 0 Å². The lowest BCUT2D eigenvalue weighted by Gasteiger charge is -2.11. The number of aromatic nitrogens is 3. The van der Waals surface area contributed by atoms with Crippen molar-refractivity contribution in [2.24, 2.45) is 5.73 Å². The third-order valence-electron chi connectivity index (χ3n) is 2.29. The highest BCUT2D eigenvalue weighted by Gasteiger charge is 2.12. The van der Waals surface area contributed by atoms with Gasteiger partial charge in [-0.3, -0.25) is 0 Å². The number of pyridine rings is 1. The van der Waals surface area contributed by atoms with Gasteiger partial charge in [-0.15, -0.1) is 0 Å². The Morgan fingerprint density at radius 3 is 2.75 bits per heavy atom. The van der Waals surface area contributed by atoms with Crippen LogP contribution in [-0.4, -0.2) is 19.8 Å². The van der Waals surface area contributed by atoms with Crippen LogP contribution in [0.25, 0.3) is 5.82 Å². The van der Waals surface area contributed by atoms with Crippen molar-refractivity contribution in [3.05, 3.63) is 41.3 Å². The van der Waals surface area contributed by atoms with Gasteiger partial charge in [-0.25, -0.2) is 9.67 Å². The maximum absolute atomic E-state index is 5.72. The fraction of sp³-hybridized carbons (Fsp3) is 0.182. The lowest BCUT2D eigenvalue weighted by Crippen LogP contribution is -2.17. The molecule has 0 saturated carbocycles. The van der Waals surface area contributed by atoms with E-state index in [-0.39, 0.29) is 0 Å². The molecule has 5 heteroatoms. The van der Waals surface area contributed by atoms with Crippen LogP contribution in [0.1, 0.15) is 16.8 Å². The predicted octanol–water partition coefficient (Wildman–Crippen LogP) is 1.52. The van der Waals surface area contributed by atoms with Gasteiger partial charge >= 0.3 is 0 Å². The van der Waals surface area contributed by atoms with Crippen LogP contribution >= 0.6 is 12.2 Å². The second-order valence-electron chi connectivity index (χ2n) is 3.59. The normalized spacial score (nSPS) is 10.4. The monoisotopic (exact) mass is 232 g/mol. The summed E-state index contributed by atoms with van der Waals surface area (Å²) in [6.07, 6.45) is 3.52. The molecule has 82 valence electrons. The van der Waals surface area contributed by atoms with E-state index >= 15 is 0 Å². The van der Waals surface area contributed by atoms with Gasteiger partial charge in [0.1, 0.15) is 4.99 Å². The first-order valence-corrected chi connectivity index (χ1v) is 5.28. The molecule has 0 aliphatic heterocycles. The topological polar surface area (TPSA) is 56.7 Å². The summed E-state index contributed by atoms with van der Waals surface area (Å²) >= 11 is 5.05. The first kappa shape index (κ1) is 10.8. The van der Waals surface area contributed by atoms with E-state index in [4.69, 9.17) is 18.0 Å². The summed E-state index contributed by atoms with van der Waals surface area (Å²) in [6, 6.07) is 3.80. The molecule has 0 amide bonds. The smallest absolute Gasteiger partial charge is 0.164 e. The largest absolute Gasteiger partial charge is 0.389 e. The van der Waals surface area contributed by atoms with E-state index in [0.29, 0.717) is 10.8 Å². The van der Waals surface area contributed by atoms with Gasteiger partial charge in [-0.1, -0.05) is 12.2 Å². The first-order chi connectivity index (χ1) is 7.59. The van der Waals surface area contributed by atoms with Crippen molar-refractivity contribution in [1.82, 2.24) is 14.8 Å². The first-order valence-electron chi connectivity index (χ1n) is 4.87. The summed E-state index contributed by atoms with van der Waals surface area (Å²) in [7, 11) is 0. The quantitative estimate of drug-likeness (QED) is 0.798. The Labute approximate surface area is 99.1 Å². The Bertz CT molecular complexity index is 531. The molecule has 2 heterocycles. The zero-order valence-electron chi connectivity index (χ0n) is 9.14. The molecule has 0 fully saturated rings. The molecule has 0 bridgehead atoms. The van der Waals surface area contributed by atoms with Gasteiger partial charge in [0, 0.05) is 18.1 Å². The fourth-order valence-corrected chi connectivity index (χ4v) is 1.93. The van der Waals surface area contributed by atoms with Crippen LogP contribution in [0.3, 0.4) is 0 Å². The molecule has 0 aliphatic rings. The van der Waals surface area contributed by atoms with E-state index in [1.807, 2.05) is 32.2 Å². The van der Waals surface area contributed by atoms with Crippen LogP contribution in [0.15, 0.2) is 24.5 Å². The van der Waals surface area contributed by atoms with E-state index in [0.717, 1.165) is 16.8 Å². The van der Waals surface area contributed by atoms with E-state index in [2.05, 4.69) is 10.1 Å². The summed E-state index contributed by atoms with van der Waals surface area (Å²) < 4.78 is 1.68. The molecule has 2 rings (SSSR count). The number of hydrogen-bond acceptors (Lipinski definition) is 3. The van der Waals surface area contributed by atoms with Crippen molar-refractivity contribution < 1.29 is 0 Å². The van der Waals surface area contributed by atoms with Crippen molar-refractivity contribution in [1.29, 1.82) is 0 Å². The van der Waals surface area contributed by atoms with Crippen molar-refractivity contribution >= 4 is 17.2 Å². The highest BCUT2D eigenvalue weighted by molar-refractivity contribution is 7.80. The Balaban J connectivity index is 2.72. The van der Waals surface area contributed by atoms with Crippen LogP contribution in [0.2, 0.25) is 0 Å². The fourth-order valence-electron chi connectivity index (χ4n) is 1.68. The zero-order valence-corrected chi connectivity index (χ0v) is 9.95. The molecule has 0 aromatic carbocycles. The van der Waals surface area contributed by atoms with Crippen LogP contribution in [0, 0.1) is 13.8 Å². The molecular weight excluding hydrogens is 220 g/mol. The molecule has 2 N–H and O–H groups in total. The van der Waals surface area contributed by atoms with E-state index in [1.54, 1.807) is 10.9 Å². The summed E-state index contributed by atoms with van der Waals surface area (Å²) in [5.74, 6) is 0.690. The maximum Gasteiger partial charge on any atom is 0.164 e. The average molecular weight is 232 g/mol. The van der Waals surface area contributed by atoms with Crippen molar-refractivity contribution in [2.45, 2.75) is 13.8 Å². The minimum atomic E-state index is 0.343. The van der Waals surface area contributed by atoms with Gasteiger partial charge in [0.25, 0.3) is 0 Å². The number of thiocarbonyl (C=S) groups is 1. The van der Waals surface area contributed by atoms with Gasteiger partial charge in [0.2, 0.25) is 0 Å². The summed E-state index contributed by atoms with van der Waals surface area (Å²) in [6.45, 7) is 3.90. The Morgan fingerprint density at radius 1 is 1.44 bits per heavy atom. The van der Waals surface area contributed by atoms with Crippen LogP contribution in [-0.2, 0) is 0 Å². The second-order valence-corrected chi connectivity index (χ2v) is 4.03. The summed E-state index contributed by atoms with van der Waals surface area (Å²) in [5, 5.41) is 4.15. The molecule has 4 nitrogen and oxygen atoms in total. The zero-order chi connectivity index (χ0) is 11.7. The summed E-state index contributed by atoms with van der Waals surface area (Å²) in [5.41, 5.74) is 8.44. The highest BCUT2D eigenvalue weighted by Crippen LogP contribution is 2.17. The van der Waals surface area contributed by atoms with Gasteiger partial charge in [-0.05, 0) is 31.5 Å². The molecule has 0 radical (unpaired) electrons. The van der Waals surface area contributed by atoms with Crippen LogP contribution in [0.4, 0.5) is 0 Å². The Morgan fingerprint density at radius 2 is 2.19 bits per heavy atom. The lowest BCUT2D eigenvalue weighted by atomic mass is 10.1. The minimum absolute atomic E-state index is 0.343. The number of hydrogen-bond donors (Lipinski definition) is 1. The van der Waals surface area contributed by atoms with Gasteiger partial charge in [0.05, 0.1) is 5.56 Å². The number of aryl methyl sites for hydroxylation is 2. The maximum atomic E-state index is 5.72. The molecular formula is C11H12N4S. The molecule has 16 heavy (non-hydrogen) atoms. The van der Waals surface area contributed by atoms with Gasteiger partial charge in [0.15, 0.2) is 5.82 Å². The third-order valence-corrected chi connectivity index (χ3v) is 2.50. The molecule has 0 unspecified atom stereocenters. The number of nitrogens with two attached hydrogens (primary N) is 1. The standard InChI is InChI=1S/C11H12N4S/c1-7-6-8(2)14-11(9(7)10(12)16)15-5-3-4-13-15/h3-6H,1-2H3,(H2,12,16). The molecule has 0 aliphatic carbocycles. The molecule has 0 saturated heterocycles. The molecule has 0 spiro atoms. The number of nitrogens with zero attached hydrogens (tertiary/aromatic N) is 3. The second kappa shape index (κ2) is 4.02. The molecule has 2 aromatic rings. The third kappa shape index (κ3) is 1.81. The SMILES string of the molecule is Cc1cc(C)c(C(N)=S)c(-n2cccn2)n1. The highest BCUT2D eigenvalue weighted by atomic mass is 32.1. The lowest BCUT2D eigenvalue weighted by molar-refractivity contribution is 0.836. The van der Waals surface area contributed by atoms with Gasteiger partial charge < -0.3 is 5.73 Å². The molecule has 0 atom stereocenters. The van der Waals surface area contributed by atoms with E-state index < -0.39 is 0 Å². The summed E-state index contributed by atoms with van der Waals surface area (Å²) in [4.78, 5) is 4.77. The Hall–Kier alpha value is -1.75. The van der Waals surface area contributed by atoms with Crippen molar-refractivity contribution in [3.8, 4) is 5.82 Å². The van der Waals surface area contributed by atoms with E-state index in [1.165, 1.54) is 0 Å².